The van der Waals surface area contributed by atoms with Crippen LogP contribution >= 0.6 is 0 Å². The fraction of sp³-hybridized carbons (Fsp3) is 0.400. The highest BCUT2D eigenvalue weighted by Crippen LogP contribution is 2.32. The lowest BCUT2D eigenvalue weighted by molar-refractivity contribution is 0.385. The first-order chi connectivity index (χ1) is 14.2. The van der Waals surface area contributed by atoms with Crippen molar-refractivity contribution < 1.29 is 17.2 Å². The zero-order chi connectivity index (χ0) is 21.6. The smallest absolute Gasteiger partial charge is 0.243 e. The van der Waals surface area contributed by atoms with Crippen molar-refractivity contribution in [1.82, 2.24) is 23.6 Å². The molecular weight excluding hydrogens is 412 g/mol. The quantitative estimate of drug-likeness (QED) is 0.618. The van der Waals surface area contributed by atoms with Crippen LogP contribution in [0.25, 0.3) is 11.5 Å². The highest BCUT2D eigenvalue weighted by atomic mass is 32.2. The van der Waals surface area contributed by atoms with Gasteiger partial charge in [-0.1, -0.05) is 6.92 Å². The molecule has 0 saturated carbocycles. The van der Waals surface area contributed by atoms with Crippen molar-refractivity contribution in [2.75, 3.05) is 6.54 Å². The van der Waals surface area contributed by atoms with Gasteiger partial charge >= 0.3 is 0 Å². The Bertz CT molecular complexity index is 1220. The minimum Gasteiger partial charge on any atom is -0.327 e. The summed E-state index contributed by atoms with van der Waals surface area (Å²) in [4.78, 5) is 4.26. The van der Waals surface area contributed by atoms with E-state index >= 15 is 0 Å². The number of fused-ring (bicyclic) bond motifs is 1. The Kier molecular flexibility index (Phi) is 5.23. The van der Waals surface area contributed by atoms with Gasteiger partial charge in [0.1, 0.15) is 5.69 Å². The molecule has 10 heteroatoms. The largest absolute Gasteiger partial charge is 0.327 e. The van der Waals surface area contributed by atoms with E-state index in [1.807, 2.05) is 14.0 Å². The highest BCUT2D eigenvalue weighted by Gasteiger charge is 2.33. The van der Waals surface area contributed by atoms with E-state index in [-0.39, 0.29) is 18.0 Å². The Balaban J connectivity index is 1.75. The van der Waals surface area contributed by atoms with Gasteiger partial charge in [-0.3, -0.25) is 4.68 Å². The van der Waals surface area contributed by atoms with E-state index in [9.17, 15) is 17.2 Å². The Morgan fingerprint density at radius 3 is 2.67 bits per heavy atom. The molecule has 160 valence electrons. The van der Waals surface area contributed by atoms with E-state index < -0.39 is 21.7 Å². The van der Waals surface area contributed by atoms with Gasteiger partial charge in [-0.05, 0) is 31.5 Å². The predicted molar refractivity (Wildman–Crippen MR) is 107 cm³/mol. The van der Waals surface area contributed by atoms with Crippen LogP contribution in [-0.4, -0.2) is 38.6 Å². The Morgan fingerprint density at radius 2 is 1.97 bits per heavy atom. The normalized spacial score (nSPS) is 14.8. The number of imidazole rings is 1. The third-order valence-corrected chi connectivity index (χ3v) is 7.29. The molecule has 0 saturated heterocycles. The number of hydrogen-bond acceptors (Lipinski definition) is 4. The van der Waals surface area contributed by atoms with E-state index in [4.69, 9.17) is 0 Å². The molecule has 0 N–H and O–H groups in total. The van der Waals surface area contributed by atoms with E-state index in [0.29, 0.717) is 17.9 Å². The molecule has 30 heavy (non-hydrogen) atoms. The summed E-state index contributed by atoms with van der Waals surface area (Å²) in [5.74, 6) is -1.56. The standard InChI is InChI=1S/C20H23F2N5O2S/c1-4-8-27-13(2)11-23-20(27)19-15-12-26(9-7-18(15)25(3)24-19)30(28,29)14-5-6-16(21)17(22)10-14/h5-6,10-11H,4,7-9,12H2,1-3H3. The molecule has 7 nitrogen and oxygen atoms in total. The zero-order valence-electron chi connectivity index (χ0n) is 17.1. The van der Waals surface area contributed by atoms with Crippen LogP contribution in [0.5, 0.6) is 0 Å². The molecule has 0 atom stereocenters. The summed E-state index contributed by atoms with van der Waals surface area (Å²) < 4.78 is 58.2. The number of benzene rings is 1. The summed E-state index contributed by atoms with van der Waals surface area (Å²) in [6.45, 7) is 5.16. The van der Waals surface area contributed by atoms with Crippen molar-refractivity contribution in [3.63, 3.8) is 0 Å². The average Bonchev–Trinajstić information content (AvgIpc) is 3.24. The molecule has 0 aliphatic carbocycles. The van der Waals surface area contributed by atoms with Gasteiger partial charge in [0.25, 0.3) is 0 Å². The van der Waals surface area contributed by atoms with Crippen LogP contribution in [0.15, 0.2) is 29.3 Å². The lowest BCUT2D eigenvalue weighted by atomic mass is 10.1. The minimum absolute atomic E-state index is 0.0951. The summed E-state index contributed by atoms with van der Waals surface area (Å²) in [5.41, 5.74) is 3.40. The number of sulfonamides is 1. The van der Waals surface area contributed by atoms with E-state index in [2.05, 4.69) is 21.6 Å². The van der Waals surface area contributed by atoms with E-state index in [0.717, 1.165) is 48.1 Å². The van der Waals surface area contributed by atoms with Crippen molar-refractivity contribution in [3.05, 3.63) is 53.0 Å². The Morgan fingerprint density at radius 1 is 1.20 bits per heavy atom. The second kappa shape index (κ2) is 7.59. The molecule has 3 aromatic rings. The number of halogens is 2. The van der Waals surface area contributed by atoms with Crippen LogP contribution in [0.1, 0.15) is 30.3 Å². The van der Waals surface area contributed by atoms with E-state index in [1.165, 1.54) is 4.31 Å². The molecule has 0 amide bonds. The first-order valence-corrected chi connectivity index (χ1v) is 11.2. The van der Waals surface area contributed by atoms with Gasteiger partial charge in [-0.25, -0.2) is 22.2 Å². The molecule has 1 aliphatic heterocycles. The first kappa shape index (κ1) is 20.7. The predicted octanol–water partition coefficient (Wildman–Crippen LogP) is 3.03. The van der Waals surface area contributed by atoms with Gasteiger partial charge in [0, 0.05) is 56.3 Å². The number of aryl methyl sites for hydroxylation is 2. The van der Waals surface area contributed by atoms with Gasteiger partial charge < -0.3 is 4.57 Å². The fourth-order valence-corrected chi connectivity index (χ4v) is 5.32. The van der Waals surface area contributed by atoms with Crippen LogP contribution in [0, 0.1) is 18.6 Å². The Labute approximate surface area is 174 Å². The summed E-state index contributed by atoms with van der Waals surface area (Å²) >= 11 is 0. The zero-order valence-corrected chi connectivity index (χ0v) is 17.9. The fourth-order valence-electron chi connectivity index (χ4n) is 3.89. The number of aromatic nitrogens is 4. The molecule has 0 spiro atoms. The maximum absolute atomic E-state index is 13.6. The molecule has 0 unspecified atom stereocenters. The van der Waals surface area contributed by atoms with E-state index in [1.54, 1.807) is 10.9 Å². The summed E-state index contributed by atoms with van der Waals surface area (Å²) in [6.07, 6.45) is 3.18. The van der Waals surface area contributed by atoms with Gasteiger partial charge in [0.05, 0.1) is 4.90 Å². The third kappa shape index (κ3) is 3.33. The van der Waals surface area contributed by atoms with Crippen LogP contribution in [0.2, 0.25) is 0 Å². The summed E-state index contributed by atoms with van der Waals surface area (Å²) in [5, 5.41) is 4.64. The van der Waals surface area contributed by atoms with Crippen LogP contribution in [0.3, 0.4) is 0 Å². The van der Waals surface area contributed by atoms with Crippen molar-refractivity contribution >= 4 is 10.0 Å². The van der Waals surface area contributed by atoms with Crippen LogP contribution in [-0.2, 0) is 36.6 Å². The summed E-state index contributed by atoms with van der Waals surface area (Å²) in [6, 6.07) is 2.64. The Hall–Kier alpha value is -2.59. The molecule has 2 aromatic heterocycles. The monoisotopic (exact) mass is 435 g/mol. The van der Waals surface area contributed by atoms with Crippen molar-refractivity contribution in [2.45, 2.75) is 44.7 Å². The molecule has 0 fully saturated rings. The van der Waals surface area contributed by atoms with Gasteiger partial charge in [-0.15, -0.1) is 0 Å². The molecule has 0 radical (unpaired) electrons. The number of nitrogens with zero attached hydrogens (tertiary/aromatic N) is 5. The van der Waals surface area contributed by atoms with Gasteiger partial charge in [0.2, 0.25) is 10.0 Å². The van der Waals surface area contributed by atoms with Crippen molar-refractivity contribution in [1.29, 1.82) is 0 Å². The number of rotatable bonds is 5. The minimum atomic E-state index is -3.99. The molecule has 0 bridgehead atoms. The highest BCUT2D eigenvalue weighted by molar-refractivity contribution is 7.89. The number of hydrogen-bond donors (Lipinski definition) is 0. The lowest BCUT2D eigenvalue weighted by Crippen LogP contribution is -2.36. The molecular formula is C20H23F2N5O2S. The SMILES string of the molecule is CCCn1c(C)cnc1-c1nn(C)c2c1CN(S(=O)(=O)c1ccc(F)c(F)c1)CC2. The second-order valence-electron chi connectivity index (χ2n) is 7.44. The maximum Gasteiger partial charge on any atom is 0.243 e. The molecule has 1 aromatic carbocycles. The first-order valence-electron chi connectivity index (χ1n) is 9.76. The van der Waals surface area contributed by atoms with Crippen molar-refractivity contribution in [2.24, 2.45) is 7.05 Å². The second-order valence-corrected chi connectivity index (χ2v) is 9.37. The maximum atomic E-state index is 13.6. The lowest BCUT2D eigenvalue weighted by Gasteiger charge is -2.27. The molecule has 1 aliphatic rings. The molecule has 3 heterocycles. The van der Waals surface area contributed by atoms with Crippen LogP contribution < -0.4 is 0 Å². The van der Waals surface area contributed by atoms with Crippen LogP contribution in [0.4, 0.5) is 8.78 Å². The molecule has 4 rings (SSSR count). The van der Waals surface area contributed by atoms with Gasteiger partial charge in [0.15, 0.2) is 17.5 Å². The van der Waals surface area contributed by atoms with Crippen molar-refractivity contribution in [3.8, 4) is 11.5 Å². The summed E-state index contributed by atoms with van der Waals surface area (Å²) in [7, 11) is -2.15. The van der Waals surface area contributed by atoms with Gasteiger partial charge in [-0.2, -0.15) is 9.40 Å². The average molecular weight is 436 g/mol. The topological polar surface area (TPSA) is 73.0 Å². The third-order valence-electron chi connectivity index (χ3n) is 5.45.